The lowest BCUT2D eigenvalue weighted by molar-refractivity contribution is 1.59. The second-order valence-electron chi connectivity index (χ2n) is 3.25. The molecule has 1 heteroatoms. The van der Waals surface area contributed by atoms with Gasteiger partial charge in [0.1, 0.15) is 0 Å². The van der Waals surface area contributed by atoms with Crippen LogP contribution in [0.4, 0.5) is 0 Å². The van der Waals surface area contributed by atoms with Crippen LogP contribution < -0.4 is 0 Å². The molecule has 0 N–H and O–H groups in total. The standard InChI is InChI=1S/C14H11I/c15-11-10-13-8-4-5-9-14(13)12-6-2-1-3-7-12/h1-11H. The van der Waals surface area contributed by atoms with Crippen molar-refractivity contribution in [2.45, 2.75) is 0 Å². The van der Waals surface area contributed by atoms with Crippen LogP contribution in [0.1, 0.15) is 5.56 Å². The second kappa shape index (κ2) is 5.12. The summed E-state index contributed by atoms with van der Waals surface area (Å²) in [6.07, 6.45) is 2.13. The monoisotopic (exact) mass is 306 g/mol. The van der Waals surface area contributed by atoms with Crippen molar-refractivity contribution in [1.29, 1.82) is 0 Å². The van der Waals surface area contributed by atoms with Gasteiger partial charge in [-0.2, -0.15) is 0 Å². The summed E-state index contributed by atoms with van der Waals surface area (Å²) >= 11 is 2.25. The van der Waals surface area contributed by atoms with Crippen LogP contribution in [0.3, 0.4) is 0 Å². The SMILES string of the molecule is IC=Cc1ccccc1-c1ccccc1. The Morgan fingerprint density at radius 2 is 1.47 bits per heavy atom. The molecule has 0 radical (unpaired) electrons. The molecule has 0 aliphatic heterocycles. The van der Waals surface area contributed by atoms with Gasteiger partial charge in [-0.1, -0.05) is 77.2 Å². The Hall–Kier alpha value is -1.09. The van der Waals surface area contributed by atoms with Gasteiger partial charge in [0.2, 0.25) is 0 Å². The molecule has 0 heterocycles. The largest absolute Gasteiger partial charge is 0.0622 e. The minimum atomic E-state index is 1.26. The van der Waals surface area contributed by atoms with Crippen molar-refractivity contribution in [3.63, 3.8) is 0 Å². The third kappa shape index (κ3) is 2.48. The fourth-order valence-electron chi connectivity index (χ4n) is 1.59. The summed E-state index contributed by atoms with van der Waals surface area (Å²) in [4.78, 5) is 0. The Labute approximate surface area is 104 Å². The first-order valence-corrected chi connectivity index (χ1v) is 6.07. The molecule has 0 bridgehead atoms. The maximum Gasteiger partial charge on any atom is -0.0111 e. The molecule has 0 saturated heterocycles. The van der Waals surface area contributed by atoms with E-state index in [4.69, 9.17) is 0 Å². The molecular weight excluding hydrogens is 295 g/mol. The van der Waals surface area contributed by atoms with Crippen molar-refractivity contribution >= 4 is 28.7 Å². The highest BCUT2D eigenvalue weighted by Gasteiger charge is 1.99. The van der Waals surface area contributed by atoms with Crippen LogP contribution in [0.2, 0.25) is 0 Å². The molecule has 0 fully saturated rings. The van der Waals surface area contributed by atoms with Crippen LogP contribution in [-0.4, -0.2) is 0 Å². The van der Waals surface area contributed by atoms with Crippen molar-refractivity contribution < 1.29 is 0 Å². The minimum Gasteiger partial charge on any atom is -0.0622 e. The highest BCUT2D eigenvalue weighted by Crippen LogP contribution is 2.24. The van der Waals surface area contributed by atoms with Gasteiger partial charge in [0.15, 0.2) is 0 Å². The first-order chi connectivity index (χ1) is 7.42. The van der Waals surface area contributed by atoms with Crippen molar-refractivity contribution in [3.05, 3.63) is 64.2 Å². The lowest BCUT2D eigenvalue weighted by Crippen LogP contribution is -1.81. The Balaban J connectivity index is 2.53. The predicted octanol–water partition coefficient (Wildman–Crippen LogP) is 4.76. The molecule has 74 valence electrons. The molecule has 0 nitrogen and oxygen atoms in total. The average molecular weight is 306 g/mol. The van der Waals surface area contributed by atoms with Crippen LogP contribution in [0.25, 0.3) is 17.2 Å². The van der Waals surface area contributed by atoms with E-state index in [1.165, 1.54) is 16.7 Å². The average Bonchev–Trinajstić information content (AvgIpc) is 2.31. The van der Waals surface area contributed by atoms with Crippen LogP contribution in [0.5, 0.6) is 0 Å². The quantitative estimate of drug-likeness (QED) is 0.702. The van der Waals surface area contributed by atoms with Gasteiger partial charge in [-0.05, 0) is 26.8 Å². The molecule has 2 aromatic rings. The van der Waals surface area contributed by atoms with E-state index in [0.29, 0.717) is 0 Å². The number of hydrogen-bond donors (Lipinski definition) is 0. The topological polar surface area (TPSA) is 0 Å². The van der Waals surface area contributed by atoms with Crippen LogP contribution in [-0.2, 0) is 0 Å². The first-order valence-electron chi connectivity index (χ1n) is 4.83. The summed E-state index contributed by atoms with van der Waals surface area (Å²) in [7, 11) is 0. The zero-order chi connectivity index (χ0) is 10.5. The molecule has 0 aliphatic rings. The molecule has 0 saturated carbocycles. The third-order valence-corrected chi connectivity index (χ3v) is 2.65. The summed E-state index contributed by atoms with van der Waals surface area (Å²) in [5.74, 6) is 0. The highest BCUT2D eigenvalue weighted by atomic mass is 127. The van der Waals surface area contributed by atoms with Gasteiger partial charge in [0.25, 0.3) is 0 Å². The minimum absolute atomic E-state index is 1.26. The normalized spacial score (nSPS) is 10.7. The van der Waals surface area contributed by atoms with Crippen LogP contribution >= 0.6 is 22.6 Å². The molecule has 2 rings (SSSR count). The van der Waals surface area contributed by atoms with E-state index in [2.05, 4.69) is 77.2 Å². The van der Waals surface area contributed by atoms with Gasteiger partial charge < -0.3 is 0 Å². The smallest absolute Gasteiger partial charge is 0.0111 e. The van der Waals surface area contributed by atoms with E-state index < -0.39 is 0 Å². The summed E-state index contributed by atoms with van der Waals surface area (Å²) in [6, 6.07) is 18.9. The van der Waals surface area contributed by atoms with Crippen molar-refractivity contribution in [2.75, 3.05) is 0 Å². The molecule has 0 aromatic heterocycles. The van der Waals surface area contributed by atoms with Crippen LogP contribution in [0.15, 0.2) is 58.7 Å². The summed E-state index contributed by atoms with van der Waals surface area (Å²) in [5.41, 5.74) is 3.81. The van der Waals surface area contributed by atoms with Gasteiger partial charge in [0, 0.05) is 0 Å². The van der Waals surface area contributed by atoms with E-state index in [-0.39, 0.29) is 0 Å². The van der Waals surface area contributed by atoms with E-state index in [9.17, 15) is 0 Å². The molecule has 2 aromatic carbocycles. The Kier molecular flexibility index (Phi) is 3.56. The summed E-state index contributed by atoms with van der Waals surface area (Å²) in [5, 5.41) is 0. The second-order valence-corrected chi connectivity index (χ2v) is 3.97. The lowest BCUT2D eigenvalue weighted by Gasteiger charge is -2.05. The zero-order valence-electron chi connectivity index (χ0n) is 8.23. The molecule has 0 spiro atoms. The van der Waals surface area contributed by atoms with Crippen molar-refractivity contribution in [2.24, 2.45) is 0 Å². The lowest BCUT2D eigenvalue weighted by atomic mass is 10.00. The fourth-order valence-corrected chi connectivity index (χ4v) is 1.98. The van der Waals surface area contributed by atoms with Gasteiger partial charge in [-0.25, -0.2) is 0 Å². The van der Waals surface area contributed by atoms with Gasteiger partial charge in [-0.15, -0.1) is 0 Å². The number of halogens is 1. The molecular formula is C14H11I. The fraction of sp³-hybridized carbons (Fsp3) is 0. The van der Waals surface area contributed by atoms with E-state index in [1.807, 2.05) is 10.1 Å². The van der Waals surface area contributed by atoms with E-state index >= 15 is 0 Å². The van der Waals surface area contributed by atoms with E-state index in [0.717, 1.165) is 0 Å². The Bertz CT molecular complexity index is 458. The maximum absolute atomic E-state index is 2.25. The number of hydrogen-bond acceptors (Lipinski definition) is 0. The van der Waals surface area contributed by atoms with Gasteiger partial charge in [0.05, 0.1) is 0 Å². The molecule has 0 amide bonds. The molecule has 0 unspecified atom stereocenters. The maximum atomic E-state index is 2.25. The van der Waals surface area contributed by atoms with Gasteiger partial charge >= 0.3 is 0 Å². The molecule has 15 heavy (non-hydrogen) atoms. The molecule has 0 atom stereocenters. The summed E-state index contributed by atoms with van der Waals surface area (Å²) in [6.45, 7) is 0. The first kappa shape index (κ1) is 10.4. The van der Waals surface area contributed by atoms with Crippen LogP contribution in [0, 0.1) is 0 Å². The van der Waals surface area contributed by atoms with E-state index in [1.54, 1.807) is 0 Å². The highest BCUT2D eigenvalue weighted by molar-refractivity contribution is 14.1. The molecule has 0 aliphatic carbocycles. The van der Waals surface area contributed by atoms with Crippen molar-refractivity contribution in [3.8, 4) is 11.1 Å². The Morgan fingerprint density at radius 1 is 0.800 bits per heavy atom. The number of benzene rings is 2. The zero-order valence-corrected chi connectivity index (χ0v) is 10.4. The van der Waals surface area contributed by atoms with Gasteiger partial charge in [-0.3, -0.25) is 0 Å². The predicted molar refractivity (Wildman–Crippen MR) is 74.9 cm³/mol. The Morgan fingerprint density at radius 3 is 2.20 bits per heavy atom. The third-order valence-electron chi connectivity index (χ3n) is 2.29. The van der Waals surface area contributed by atoms with Crippen molar-refractivity contribution in [1.82, 2.24) is 0 Å². The summed E-state index contributed by atoms with van der Waals surface area (Å²) < 4.78 is 2.04. The number of rotatable bonds is 2.